The highest BCUT2D eigenvalue weighted by Crippen LogP contribution is 1.80. The second kappa shape index (κ2) is 8.10. The zero-order valence-corrected chi connectivity index (χ0v) is 6.78. The van der Waals surface area contributed by atoms with Gasteiger partial charge in [-0.1, -0.05) is 18.8 Å². The van der Waals surface area contributed by atoms with Gasteiger partial charge in [0.25, 0.3) is 0 Å². The van der Waals surface area contributed by atoms with Gasteiger partial charge in [0.05, 0.1) is 0 Å². The number of unbranched alkanes of at least 4 members (excludes halogenated alkanes) is 1. The van der Waals surface area contributed by atoms with Crippen molar-refractivity contribution in [3.05, 3.63) is 12.3 Å². The molecule has 0 rings (SSSR count). The summed E-state index contributed by atoms with van der Waals surface area (Å²) in [6.07, 6.45) is 5.86. The minimum atomic E-state index is 0.964. The van der Waals surface area contributed by atoms with Crippen molar-refractivity contribution in [2.75, 3.05) is 6.54 Å². The summed E-state index contributed by atoms with van der Waals surface area (Å²) in [7, 11) is 0. The molecule has 0 bridgehead atoms. The Hall–Kier alpha value is -0.900. The molecule has 0 heterocycles. The highest BCUT2D eigenvalue weighted by Gasteiger charge is 1.67. The minimum Gasteiger partial charge on any atom is -0.391 e. The monoisotopic (exact) mass is 137 g/mol. The van der Waals surface area contributed by atoms with Crippen LogP contribution < -0.4 is 5.32 Å². The predicted octanol–water partition coefficient (Wildman–Crippen LogP) is 1.91. The molecule has 10 heavy (non-hydrogen) atoms. The fourth-order valence-corrected chi connectivity index (χ4v) is 0.475. The standard InChI is InChI=1S/C9H15N/c1-3-5-6-7-8-9-10-4-2/h8-10H,3-5H2,1-2H3/b9-8-. The van der Waals surface area contributed by atoms with Gasteiger partial charge in [-0.2, -0.15) is 0 Å². The molecule has 56 valence electrons. The second-order valence-corrected chi connectivity index (χ2v) is 1.96. The Balaban J connectivity index is 3.25. The van der Waals surface area contributed by atoms with Crippen molar-refractivity contribution in [3.63, 3.8) is 0 Å². The Morgan fingerprint density at radius 3 is 2.80 bits per heavy atom. The summed E-state index contributed by atoms with van der Waals surface area (Å²) in [5, 5.41) is 3.04. The van der Waals surface area contributed by atoms with E-state index in [4.69, 9.17) is 0 Å². The summed E-state index contributed by atoms with van der Waals surface area (Å²) >= 11 is 0. The maximum absolute atomic E-state index is 3.04. The summed E-state index contributed by atoms with van der Waals surface area (Å²) in [5.74, 6) is 5.95. The first kappa shape index (κ1) is 9.10. The number of hydrogen-bond donors (Lipinski definition) is 1. The van der Waals surface area contributed by atoms with Crippen LogP contribution in [0.15, 0.2) is 12.3 Å². The van der Waals surface area contributed by atoms with E-state index < -0.39 is 0 Å². The molecule has 0 aromatic heterocycles. The van der Waals surface area contributed by atoms with Gasteiger partial charge in [-0.05, 0) is 13.3 Å². The molecule has 1 N–H and O–H groups in total. The van der Waals surface area contributed by atoms with Crippen molar-refractivity contribution in [3.8, 4) is 11.8 Å². The first-order valence-corrected chi connectivity index (χ1v) is 3.78. The molecule has 0 saturated carbocycles. The number of allylic oxidation sites excluding steroid dienone is 1. The lowest BCUT2D eigenvalue weighted by atomic mass is 10.3. The molecule has 0 unspecified atom stereocenters. The highest BCUT2D eigenvalue weighted by molar-refractivity contribution is 5.14. The third-order valence-corrected chi connectivity index (χ3v) is 0.966. The quantitative estimate of drug-likeness (QED) is 0.586. The fourth-order valence-electron chi connectivity index (χ4n) is 0.475. The van der Waals surface area contributed by atoms with Crippen LogP contribution in [0.3, 0.4) is 0 Å². The molecule has 1 nitrogen and oxygen atoms in total. The van der Waals surface area contributed by atoms with Crippen LogP contribution >= 0.6 is 0 Å². The van der Waals surface area contributed by atoms with Crippen LogP contribution in [0.4, 0.5) is 0 Å². The van der Waals surface area contributed by atoms with Crippen LogP contribution in [-0.4, -0.2) is 6.54 Å². The maximum Gasteiger partial charge on any atom is 0.0113 e. The molecule has 0 radical (unpaired) electrons. The molecule has 1 heteroatoms. The molecule has 0 spiro atoms. The zero-order chi connectivity index (χ0) is 7.66. The molecular weight excluding hydrogens is 122 g/mol. The Kier molecular flexibility index (Phi) is 7.37. The normalized spacial score (nSPS) is 9.00. The molecule has 0 aromatic carbocycles. The van der Waals surface area contributed by atoms with Gasteiger partial charge < -0.3 is 5.32 Å². The summed E-state index contributed by atoms with van der Waals surface area (Å²) in [4.78, 5) is 0. The van der Waals surface area contributed by atoms with E-state index in [-0.39, 0.29) is 0 Å². The van der Waals surface area contributed by atoms with Crippen molar-refractivity contribution in [1.29, 1.82) is 0 Å². The van der Waals surface area contributed by atoms with Gasteiger partial charge in [-0.3, -0.25) is 0 Å². The van der Waals surface area contributed by atoms with Crippen molar-refractivity contribution in [2.45, 2.75) is 26.7 Å². The molecule has 0 saturated heterocycles. The van der Waals surface area contributed by atoms with Crippen molar-refractivity contribution in [1.82, 2.24) is 5.32 Å². The summed E-state index contributed by atoms with van der Waals surface area (Å²) < 4.78 is 0. The fraction of sp³-hybridized carbons (Fsp3) is 0.556. The Bertz CT molecular complexity index is 137. The first-order chi connectivity index (χ1) is 4.91. The molecule has 0 aliphatic rings. The van der Waals surface area contributed by atoms with Gasteiger partial charge in [0.2, 0.25) is 0 Å². The van der Waals surface area contributed by atoms with Gasteiger partial charge in [-0.25, -0.2) is 0 Å². The lowest BCUT2D eigenvalue weighted by molar-refractivity contribution is 0.920. The minimum absolute atomic E-state index is 0.964. The Morgan fingerprint density at radius 1 is 1.40 bits per heavy atom. The Morgan fingerprint density at radius 2 is 2.20 bits per heavy atom. The van der Waals surface area contributed by atoms with Gasteiger partial charge in [0.1, 0.15) is 0 Å². The van der Waals surface area contributed by atoms with E-state index in [9.17, 15) is 0 Å². The largest absolute Gasteiger partial charge is 0.391 e. The molecule has 0 aliphatic carbocycles. The lowest BCUT2D eigenvalue weighted by Gasteiger charge is -1.86. The van der Waals surface area contributed by atoms with E-state index in [2.05, 4.69) is 31.0 Å². The van der Waals surface area contributed by atoms with Gasteiger partial charge in [0.15, 0.2) is 0 Å². The number of hydrogen-bond acceptors (Lipinski definition) is 1. The van der Waals surface area contributed by atoms with Crippen LogP contribution in [-0.2, 0) is 0 Å². The average Bonchev–Trinajstić information content (AvgIpc) is 1.97. The number of rotatable bonds is 3. The van der Waals surface area contributed by atoms with Gasteiger partial charge in [0, 0.05) is 25.2 Å². The smallest absolute Gasteiger partial charge is 0.0113 e. The van der Waals surface area contributed by atoms with E-state index in [0.29, 0.717) is 0 Å². The third-order valence-electron chi connectivity index (χ3n) is 0.966. The second-order valence-electron chi connectivity index (χ2n) is 1.96. The van der Waals surface area contributed by atoms with Crippen molar-refractivity contribution >= 4 is 0 Å². The van der Waals surface area contributed by atoms with Crippen LogP contribution in [0, 0.1) is 11.8 Å². The van der Waals surface area contributed by atoms with Crippen LogP contribution in [0.2, 0.25) is 0 Å². The first-order valence-electron chi connectivity index (χ1n) is 3.78. The third kappa shape index (κ3) is 7.10. The Labute approximate surface area is 63.5 Å². The van der Waals surface area contributed by atoms with E-state index in [1.165, 1.54) is 0 Å². The molecule has 0 aliphatic heterocycles. The van der Waals surface area contributed by atoms with Gasteiger partial charge >= 0.3 is 0 Å². The molecule has 0 amide bonds. The zero-order valence-electron chi connectivity index (χ0n) is 6.78. The van der Waals surface area contributed by atoms with Gasteiger partial charge in [-0.15, -0.1) is 0 Å². The SMILES string of the molecule is CCCC#C/C=C\NCC. The summed E-state index contributed by atoms with van der Waals surface area (Å²) in [6.45, 7) is 5.15. The molecular formula is C9H15N. The molecule has 0 atom stereocenters. The number of nitrogens with one attached hydrogen (secondary N) is 1. The summed E-state index contributed by atoms with van der Waals surface area (Å²) in [6, 6.07) is 0. The van der Waals surface area contributed by atoms with Crippen LogP contribution in [0.1, 0.15) is 26.7 Å². The van der Waals surface area contributed by atoms with Crippen molar-refractivity contribution < 1.29 is 0 Å². The van der Waals surface area contributed by atoms with E-state index in [1.807, 2.05) is 12.3 Å². The molecule has 0 aromatic rings. The van der Waals surface area contributed by atoms with Crippen LogP contribution in [0.25, 0.3) is 0 Å². The van der Waals surface area contributed by atoms with E-state index in [1.54, 1.807) is 0 Å². The summed E-state index contributed by atoms with van der Waals surface area (Å²) in [5.41, 5.74) is 0. The maximum atomic E-state index is 3.04. The molecule has 0 fully saturated rings. The topological polar surface area (TPSA) is 12.0 Å². The van der Waals surface area contributed by atoms with Crippen LogP contribution in [0.5, 0.6) is 0 Å². The van der Waals surface area contributed by atoms with Crippen molar-refractivity contribution in [2.24, 2.45) is 0 Å². The van der Waals surface area contributed by atoms with E-state index in [0.717, 1.165) is 19.4 Å². The highest BCUT2D eigenvalue weighted by atomic mass is 14.8. The predicted molar refractivity (Wildman–Crippen MR) is 45.5 cm³/mol. The average molecular weight is 137 g/mol. The lowest BCUT2D eigenvalue weighted by Crippen LogP contribution is -2.00. The van der Waals surface area contributed by atoms with E-state index >= 15 is 0 Å².